The zero-order chi connectivity index (χ0) is 27.2. The average molecular weight is 544 g/mol. The van der Waals surface area contributed by atoms with E-state index >= 15 is 0 Å². The SMILES string of the molecule is CC1CN(c2ccc(C#N)n3ncc(F)c23)CC(CN2CC3(C2)OCc2cc(N4CC5(CN(C)C5)C4)ccc23)O1. The Morgan fingerprint density at radius 2 is 1.90 bits per heavy atom. The molecule has 3 aromatic rings. The number of fused-ring (bicyclic) bond motifs is 3. The van der Waals surface area contributed by atoms with Crippen LogP contribution in [-0.4, -0.2) is 97.6 Å². The molecule has 0 radical (unpaired) electrons. The lowest BCUT2D eigenvalue weighted by atomic mass is 9.73. The second kappa shape index (κ2) is 8.63. The molecule has 0 bridgehead atoms. The molecule has 8 rings (SSSR count). The summed E-state index contributed by atoms with van der Waals surface area (Å²) in [6, 6.07) is 12.6. The van der Waals surface area contributed by atoms with Gasteiger partial charge in [0, 0.05) is 70.0 Å². The van der Waals surface area contributed by atoms with Crippen LogP contribution < -0.4 is 9.80 Å². The van der Waals surface area contributed by atoms with Crippen LogP contribution in [0.5, 0.6) is 0 Å². The summed E-state index contributed by atoms with van der Waals surface area (Å²) in [6.45, 7) is 11.3. The monoisotopic (exact) mass is 543 g/mol. The van der Waals surface area contributed by atoms with Gasteiger partial charge in [-0.15, -0.1) is 0 Å². The van der Waals surface area contributed by atoms with E-state index < -0.39 is 5.82 Å². The maximum Gasteiger partial charge on any atom is 0.171 e. The van der Waals surface area contributed by atoms with Crippen molar-refractivity contribution < 1.29 is 13.9 Å². The van der Waals surface area contributed by atoms with Gasteiger partial charge in [-0.25, -0.2) is 8.91 Å². The highest BCUT2D eigenvalue weighted by Crippen LogP contribution is 2.47. The van der Waals surface area contributed by atoms with Crippen molar-refractivity contribution >= 4 is 16.9 Å². The number of nitriles is 1. The fourth-order valence-electron chi connectivity index (χ4n) is 7.97. The van der Waals surface area contributed by atoms with Crippen LogP contribution in [0, 0.1) is 22.6 Å². The van der Waals surface area contributed by atoms with E-state index in [1.54, 1.807) is 6.07 Å². The van der Waals surface area contributed by atoms with Crippen LogP contribution in [-0.2, 0) is 21.7 Å². The van der Waals surface area contributed by atoms with Gasteiger partial charge in [0.2, 0.25) is 0 Å². The second-order valence-corrected chi connectivity index (χ2v) is 12.8. The molecule has 0 aliphatic carbocycles. The number of nitrogens with zero attached hydrogens (tertiary/aromatic N) is 7. The number of benzene rings is 1. The van der Waals surface area contributed by atoms with Crippen molar-refractivity contribution in [3.8, 4) is 6.07 Å². The Balaban J connectivity index is 0.931. The second-order valence-electron chi connectivity index (χ2n) is 12.8. The Morgan fingerprint density at radius 3 is 2.67 bits per heavy atom. The van der Waals surface area contributed by atoms with E-state index in [4.69, 9.17) is 9.47 Å². The summed E-state index contributed by atoms with van der Waals surface area (Å²) < 4.78 is 28.9. The van der Waals surface area contributed by atoms with Crippen LogP contribution in [0.15, 0.2) is 36.5 Å². The van der Waals surface area contributed by atoms with Crippen molar-refractivity contribution in [3.63, 3.8) is 0 Å². The number of ether oxygens (including phenoxy) is 2. The van der Waals surface area contributed by atoms with Gasteiger partial charge in [-0.1, -0.05) is 6.07 Å². The van der Waals surface area contributed by atoms with Crippen molar-refractivity contribution in [2.24, 2.45) is 5.41 Å². The van der Waals surface area contributed by atoms with Gasteiger partial charge < -0.3 is 24.2 Å². The van der Waals surface area contributed by atoms with Crippen LogP contribution in [0.2, 0.25) is 0 Å². The quantitative estimate of drug-likeness (QED) is 0.497. The lowest BCUT2D eigenvalue weighted by Gasteiger charge is -2.60. The van der Waals surface area contributed by atoms with E-state index in [1.807, 2.05) is 6.07 Å². The number of hydrogen-bond donors (Lipinski definition) is 0. The molecule has 10 heteroatoms. The lowest BCUT2D eigenvalue weighted by Crippen LogP contribution is -2.71. The fraction of sp³-hybridized carbons (Fsp3) is 0.533. The third kappa shape index (κ3) is 3.68. The summed E-state index contributed by atoms with van der Waals surface area (Å²) >= 11 is 0. The molecule has 0 N–H and O–H groups in total. The Labute approximate surface area is 233 Å². The van der Waals surface area contributed by atoms with Crippen LogP contribution in [0.25, 0.3) is 5.52 Å². The highest BCUT2D eigenvalue weighted by Gasteiger charge is 2.52. The summed E-state index contributed by atoms with van der Waals surface area (Å²) in [4.78, 5) is 9.49. The summed E-state index contributed by atoms with van der Waals surface area (Å²) in [5.41, 5.74) is 5.69. The minimum absolute atomic E-state index is 0.00137. The number of likely N-dealkylation sites (tertiary alicyclic amines) is 2. The van der Waals surface area contributed by atoms with E-state index in [-0.39, 0.29) is 17.8 Å². The molecular formula is C30H34FN7O2. The molecule has 2 unspecified atom stereocenters. The first kappa shape index (κ1) is 24.6. The molecule has 40 heavy (non-hydrogen) atoms. The van der Waals surface area contributed by atoms with E-state index in [1.165, 1.54) is 40.6 Å². The van der Waals surface area contributed by atoms with Gasteiger partial charge in [0.1, 0.15) is 22.9 Å². The number of anilines is 2. The first-order valence-electron chi connectivity index (χ1n) is 14.2. The van der Waals surface area contributed by atoms with Crippen LogP contribution in [0.1, 0.15) is 23.7 Å². The normalized spacial score (nSPS) is 26.9. The van der Waals surface area contributed by atoms with Gasteiger partial charge in [0.25, 0.3) is 0 Å². The summed E-state index contributed by atoms with van der Waals surface area (Å²) in [5.74, 6) is -0.419. The Kier molecular flexibility index (Phi) is 5.30. The largest absolute Gasteiger partial charge is 0.370 e. The van der Waals surface area contributed by atoms with Gasteiger partial charge in [0.05, 0.1) is 30.7 Å². The molecule has 1 aromatic carbocycles. The standard InChI is InChI=1S/C30H34FN7O2/c1-20-10-36(27-6-4-23(8-32)38-28(27)26(31)9-33-38)12-24(40-20)11-35-18-30(19-35)25-5-3-22(7-21(25)13-39-30)37-16-29(17-37)14-34(2)15-29/h3-7,9,20,24H,10-19H2,1-2H3. The minimum Gasteiger partial charge on any atom is -0.370 e. The number of morpholine rings is 1. The first-order chi connectivity index (χ1) is 19.3. The topological polar surface area (TPSA) is 72.5 Å². The molecule has 208 valence electrons. The number of halogens is 1. The first-order valence-corrected chi connectivity index (χ1v) is 14.2. The van der Waals surface area contributed by atoms with Crippen LogP contribution in [0.4, 0.5) is 15.8 Å². The maximum absolute atomic E-state index is 14.7. The Hall–Kier alpha value is -3.23. The maximum atomic E-state index is 14.7. The highest BCUT2D eigenvalue weighted by molar-refractivity contribution is 5.74. The Morgan fingerprint density at radius 1 is 1.07 bits per heavy atom. The van der Waals surface area contributed by atoms with Gasteiger partial charge in [-0.05, 0) is 49.4 Å². The van der Waals surface area contributed by atoms with Gasteiger partial charge in [-0.2, -0.15) is 10.4 Å². The van der Waals surface area contributed by atoms with E-state index in [0.29, 0.717) is 36.3 Å². The number of aromatic nitrogens is 2. The predicted octanol–water partition coefficient (Wildman–Crippen LogP) is 2.43. The van der Waals surface area contributed by atoms with Gasteiger partial charge >= 0.3 is 0 Å². The third-order valence-electron chi connectivity index (χ3n) is 9.51. The molecule has 0 amide bonds. The molecule has 2 spiro atoms. The zero-order valence-electron chi connectivity index (χ0n) is 23.0. The summed E-state index contributed by atoms with van der Waals surface area (Å²) in [7, 11) is 2.20. The molecule has 7 heterocycles. The van der Waals surface area contributed by atoms with Crippen molar-refractivity contribution in [2.45, 2.75) is 31.3 Å². The number of hydrogen-bond acceptors (Lipinski definition) is 8. The summed E-state index contributed by atoms with van der Waals surface area (Å²) in [6.07, 6.45) is 1.16. The molecule has 5 aliphatic heterocycles. The van der Waals surface area contributed by atoms with Gasteiger partial charge in [-0.3, -0.25) is 4.90 Å². The zero-order valence-corrected chi connectivity index (χ0v) is 23.0. The highest BCUT2D eigenvalue weighted by atomic mass is 19.1. The van der Waals surface area contributed by atoms with Crippen molar-refractivity contribution in [1.82, 2.24) is 19.4 Å². The fourth-order valence-corrected chi connectivity index (χ4v) is 7.97. The van der Waals surface area contributed by atoms with Crippen LogP contribution >= 0.6 is 0 Å². The number of rotatable bonds is 4. The van der Waals surface area contributed by atoms with Gasteiger partial charge in [0.15, 0.2) is 5.82 Å². The van der Waals surface area contributed by atoms with E-state index in [0.717, 1.165) is 38.4 Å². The molecule has 5 aliphatic rings. The third-order valence-corrected chi connectivity index (χ3v) is 9.51. The molecular weight excluding hydrogens is 509 g/mol. The van der Waals surface area contributed by atoms with Crippen molar-refractivity contribution in [2.75, 3.05) is 75.8 Å². The lowest BCUT2D eigenvalue weighted by molar-refractivity contribution is -0.155. The molecule has 2 atom stereocenters. The van der Waals surface area contributed by atoms with Crippen molar-refractivity contribution in [3.05, 3.63) is 59.2 Å². The molecule has 4 fully saturated rings. The minimum atomic E-state index is -0.419. The van der Waals surface area contributed by atoms with E-state index in [9.17, 15) is 9.65 Å². The van der Waals surface area contributed by atoms with E-state index in [2.05, 4.69) is 62.9 Å². The van der Waals surface area contributed by atoms with Crippen molar-refractivity contribution in [1.29, 1.82) is 5.26 Å². The smallest absolute Gasteiger partial charge is 0.171 e. The predicted molar refractivity (Wildman–Crippen MR) is 148 cm³/mol. The molecule has 9 nitrogen and oxygen atoms in total. The average Bonchev–Trinajstić information content (AvgIpc) is 3.45. The summed E-state index contributed by atoms with van der Waals surface area (Å²) in [5, 5.41) is 13.5. The molecule has 2 aromatic heterocycles. The van der Waals surface area contributed by atoms with Crippen LogP contribution in [0.3, 0.4) is 0 Å². The number of pyridine rings is 1. The Bertz CT molecular complexity index is 1530. The molecule has 0 saturated carbocycles. The molecule has 4 saturated heterocycles.